The number of aromatic nitrogens is 4. The average molecular weight is 405 g/mol. The molecule has 154 valence electrons. The Morgan fingerprint density at radius 1 is 1.23 bits per heavy atom. The number of anilines is 1. The first-order chi connectivity index (χ1) is 14.7. The molecule has 0 unspecified atom stereocenters. The summed E-state index contributed by atoms with van der Waals surface area (Å²) in [7, 11) is 3.47. The van der Waals surface area contributed by atoms with Gasteiger partial charge in [0.2, 0.25) is 5.95 Å². The Bertz CT molecular complexity index is 1130. The molecule has 5 rings (SSSR count). The number of ether oxygens (including phenoxy) is 2. The quantitative estimate of drug-likeness (QED) is 0.660. The van der Waals surface area contributed by atoms with Crippen LogP contribution in [-0.2, 0) is 18.2 Å². The highest BCUT2D eigenvalue weighted by atomic mass is 16.5. The summed E-state index contributed by atoms with van der Waals surface area (Å²) in [6, 6.07) is 9.49. The van der Waals surface area contributed by atoms with Gasteiger partial charge in [0.05, 0.1) is 31.1 Å². The van der Waals surface area contributed by atoms with Crippen LogP contribution in [0.4, 0.5) is 5.95 Å². The number of hydrogen-bond donors (Lipinski definition) is 0. The van der Waals surface area contributed by atoms with E-state index in [1.54, 1.807) is 31.0 Å². The van der Waals surface area contributed by atoms with Crippen molar-refractivity contribution in [3.63, 3.8) is 0 Å². The molecule has 8 heteroatoms. The van der Waals surface area contributed by atoms with Crippen molar-refractivity contribution in [2.24, 2.45) is 7.05 Å². The second-order valence-corrected chi connectivity index (χ2v) is 7.55. The molecule has 2 aliphatic rings. The normalized spacial score (nSPS) is 20.4. The van der Waals surface area contributed by atoms with E-state index in [9.17, 15) is 4.79 Å². The molecule has 30 heavy (non-hydrogen) atoms. The number of morpholine rings is 1. The van der Waals surface area contributed by atoms with Crippen molar-refractivity contribution < 1.29 is 9.47 Å². The van der Waals surface area contributed by atoms with E-state index in [1.165, 1.54) is 18.0 Å². The van der Waals surface area contributed by atoms with Gasteiger partial charge in [0, 0.05) is 31.4 Å². The molecule has 8 nitrogen and oxygen atoms in total. The fourth-order valence-electron chi connectivity index (χ4n) is 4.53. The Hall–Kier alpha value is -3.26. The molecule has 1 aromatic carbocycles. The molecule has 0 radical (unpaired) electrons. The van der Waals surface area contributed by atoms with Crippen molar-refractivity contribution in [2.75, 3.05) is 25.2 Å². The summed E-state index contributed by atoms with van der Waals surface area (Å²) < 4.78 is 13.4. The molecule has 2 atom stereocenters. The second-order valence-electron chi connectivity index (χ2n) is 7.55. The van der Waals surface area contributed by atoms with Gasteiger partial charge in [0.25, 0.3) is 5.56 Å². The molecule has 1 saturated heterocycles. The zero-order chi connectivity index (χ0) is 20.7. The lowest BCUT2D eigenvalue weighted by Crippen LogP contribution is -2.51. The van der Waals surface area contributed by atoms with Crippen molar-refractivity contribution >= 4 is 5.95 Å². The molecule has 1 aliphatic carbocycles. The first kappa shape index (κ1) is 18.7. The lowest BCUT2D eigenvalue weighted by atomic mass is 9.83. The van der Waals surface area contributed by atoms with E-state index in [0.717, 1.165) is 24.2 Å². The van der Waals surface area contributed by atoms with Crippen LogP contribution in [-0.4, -0.2) is 45.8 Å². The number of rotatable bonds is 3. The van der Waals surface area contributed by atoms with Gasteiger partial charge in [-0.3, -0.25) is 9.36 Å². The monoisotopic (exact) mass is 405 g/mol. The van der Waals surface area contributed by atoms with Gasteiger partial charge in [0.1, 0.15) is 18.2 Å². The predicted octanol–water partition coefficient (Wildman–Crippen LogP) is 2.14. The molecule has 0 spiro atoms. The van der Waals surface area contributed by atoms with E-state index in [4.69, 9.17) is 14.5 Å². The van der Waals surface area contributed by atoms with Crippen LogP contribution in [0.5, 0.6) is 5.75 Å². The van der Waals surface area contributed by atoms with Crippen molar-refractivity contribution in [3.8, 4) is 17.1 Å². The molecular weight excluding hydrogens is 382 g/mol. The fraction of sp³-hybridized carbons (Fsp3) is 0.364. The predicted molar refractivity (Wildman–Crippen MR) is 112 cm³/mol. The smallest absolute Gasteiger partial charge is 0.255 e. The second kappa shape index (κ2) is 7.53. The summed E-state index contributed by atoms with van der Waals surface area (Å²) in [4.78, 5) is 28.0. The highest BCUT2D eigenvalue weighted by Crippen LogP contribution is 2.42. The van der Waals surface area contributed by atoms with Gasteiger partial charge in [-0.2, -0.15) is 0 Å². The Morgan fingerprint density at radius 3 is 2.93 bits per heavy atom. The van der Waals surface area contributed by atoms with E-state index in [-0.39, 0.29) is 17.7 Å². The van der Waals surface area contributed by atoms with Gasteiger partial charge in [0.15, 0.2) is 0 Å². The maximum atomic E-state index is 12.7. The number of nitrogens with zero attached hydrogens (tertiary/aromatic N) is 5. The zero-order valence-electron chi connectivity index (χ0n) is 17.0. The Balaban J connectivity index is 1.57. The number of hydrogen-bond acceptors (Lipinski definition) is 7. The molecule has 2 aromatic heterocycles. The lowest BCUT2D eigenvalue weighted by Gasteiger charge is -2.45. The van der Waals surface area contributed by atoms with E-state index >= 15 is 0 Å². The van der Waals surface area contributed by atoms with E-state index in [1.807, 2.05) is 12.1 Å². The van der Waals surface area contributed by atoms with Gasteiger partial charge < -0.3 is 14.4 Å². The topological polar surface area (TPSA) is 82.4 Å². The van der Waals surface area contributed by atoms with Crippen molar-refractivity contribution in [1.29, 1.82) is 0 Å². The van der Waals surface area contributed by atoms with Gasteiger partial charge in [-0.1, -0.05) is 12.1 Å². The van der Waals surface area contributed by atoms with Crippen LogP contribution < -0.4 is 15.2 Å². The summed E-state index contributed by atoms with van der Waals surface area (Å²) >= 11 is 0. The van der Waals surface area contributed by atoms with Gasteiger partial charge in [-0.05, 0) is 30.5 Å². The van der Waals surface area contributed by atoms with E-state index < -0.39 is 0 Å². The molecule has 0 saturated carbocycles. The third-order valence-electron chi connectivity index (χ3n) is 5.98. The first-order valence-corrected chi connectivity index (χ1v) is 10.1. The van der Waals surface area contributed by atoms with Crippen LogP contribution in [0.25, 0.3) is 11.4 Å². The van der Waals surface area contributed by atoms with Gasteiger partial charge in [-0.25, -0.2) is 15.0 Å². The molecule has 3 heterocycles. The summed E-state index contributed by atoms with van der Waals surface area (Å²) in [5.74, 6) is 1.55. The summed E-state index contributed by atoms with van der Waals surface area (Å²) in [5.41, 5.74) is 3.44. The summed E-state index contributed by atoms with van der Waals surface area (Å²) in [6.07, 6.45) is 4.81. The Morgan fingerprint density at radius 2 is 2.13 bits per heavy atom. The first-order valence-electron chi connectivity index (χ1n) is 10.1. The van der Waals surface area contributed by atoms with Crippen LogP contribution in [0.15, 0.2) is 47.7 Å². The fourth-order valence-corrected chi connectivity index (χ4v) is 4.53. The van der Waals surface area contributed by atoms with Crippen LogP contribution in [0.2, 0.25) is 0 Å². The minimum Gasteiger partial charge on any atom is -0.496 e. The molecule has 1 fully saturated rings. The SMILES string of the molecule is COc1cccc2c1CC[C@H]1[C@@H]2OCCN1c1nc(-c2ccncn2)cc(=O)n1C. The third kappa shape index (κ3) is 3.04. The van der Waals surface area contributed by atoms with Crippen LogP contribution in [0.3, 0.4) is 0 Å². The van der Waals surface area contributed by atoms with E-state index in [2.05, 4.69) is 20.9 Å². The molecule has 0 bridgehead atoms. The molecule has 0 amide bonds. The van der Waals surface area contributed by atoms with Crippen LogP contribution >= 0.6 is 0 Å². The van der Waals surface area contributed by atoms with Crippen LogP contribution in [0, 0.1) is 0 Å². The summed E-state index contributed by atoms with van der Waals surface area (Å²) in [5, 5.41) is 0. The van der Waals surface area contributed by atoms with Gasteiger partial charge in [-0.15, -0.1) is 0 Å². The lowest BCUT2D eigenvalue weighted by molar-refractivity contribution is 0.00148. The number of methoxy groups -OCH3 is 1. The van der Waals surface area contributed by atoms with Gasteiger partial charge >= 0.3 is 0 Å². The average Bonchev–Trinajstić information content (AvgIpc) is 2.80. The maximum absolute atomic E-state index is 12.7. The highest BCUT2D eigenvalue weighted by molar-refractivity contribution is 5.56. The Labute approximate surface area is 174 Å². The van der Waals surface area contributed by atoms with Crippen molar-refractivity contribution in [1.82, 2.24) is 19.5 Å². The minimum absolute atomic E-state index is 0.0859. The Kier molecular flexibility index (Phi) is 4.71. The maximum Gasteiger partial charge on any atom is 0.255 e. The molecule has 3 aromatic rings. The molecular formula is C22H23N5O3. The van der Waals surface area contributed by atoms with Crippen LogP contribution in [0.1, 0.15) is 23.7 Å². The minimum atomic E-state index is -0.116. The third-order valence-corrected chi connectivity index (χ3v) is 5.98. The zero-order valence-corrected chi connectivity index (χ0v) is 17.0. The largest absolute Gasteiger partial charge is 0.496 e. The summed E-state index contributed by atoms with van der Waals surface area (Å²) in [6.45, 7) is 1.24. The van der Waals surface area contributed by atoms with Crippen molar-refractivity contribution in [2.45, 2.75) is 25.0 Å². The van der Waals surface area contributed by atoms with E-state index in [0.29, 0.717) is 30.5 Å². The number of fused-ring (bicyclic) bond motifs is 3. The molecule has 0 N–H and O–H groups in total. The van der Waals surface area contributed by atoms with Crippen molar-refractivity contribution in [3.05, 3.63) is 64.3 Å². The number of benzene rings is 1. The standard InChI is InChI=1S/C22H23N5O3/c1-26-20(28)12-17(16-8-9-23-13-24-16)25-22(26)27-10-11-30-21-15-4-3-5-19(29-2)14(15)6-7-18(21)27/h3-5,8-9,12-13,18,21H,6-7,10-11H2,1-2H3/t18-,21+/m0/s1. The highest BCUT2D eigenvalue weighted by Gasteiger charge is 2.39. The molecule has 1 aliphatic heterocycles.